The van der Waals surface area contributed by atoms with Gasteiger partial charge in [0, 0.05) is 12.1 Å². The Bertz CT molecular complexity index is 691. The maximum absolute atomic E-state index is 12.5. The van der Waals surface area contributed by atoms with Gasteiger partial charge in [-0.25, -0.2) is 8.42 Å². The van der Waals surface area contributed by atoms with Crippen LogP contribution in [-0.4, -0.2) is 39.3 Å². The number of nitrogens with zero attached hydrogens (tertiary/aromatic N) is 1. The fraction of sp³-hybridized carbons (Fsp3) is 0.632. The SMILES string of the molecule is CC(C)Oc1cccc(N(CC(=O)NC(C(C)C)C(C)C)S(C)(=O)=O)c1. The number of amides is 1. The topological polar surface area (TPSA) is 75.7 Å². The molecular weight excluding hydrogens is 352 g/mol. The Hall–Kier alpha value is -1.76. The number of carbonyl (C=O) groups is 1. The number of hydrogen-bond donors (Lipinski definition) is 1. The van der Waals surface area contributed by atoms with E-state index in [1.807, 2.05) is 41.5 Å². The van der Waals surface area contributed by atoms with Gasteiger partial charge in [0.2, 0.25) is 15.9 Å². The van der Waals surface area contributed by atoms with Crippen molar-refractivity contribution in [2.45, 2.75) is 53.7 Å². The molecular formula is C19H32N2O4S. The number of sulfonamides is 1. The Morgan fingerprint density at radius 1 is 1.12 bits per heavy atom. The second-order valence-corrected chi connectivity index (χ2v) is 9.42. The largest absolute Gasteiger partial charge is 0.491 e. The van der Waals surface area contributed by atoms with Gasteiger partial charge in [0.05, 0.1) is 18.0 Å². The average molecular weight is 385 g/mol. The third kappa shape index (κ3) is 6.86. The molecule has 0 saturated carbocycles. The van der Waals surface area contributed by atoms with Crippen LogP contribution < -0.4 is 14.4 Å². The first-order valence-corrected chi connectivity index (χ1v) is 10.8. The number of ether oxygens (including phenoxy) is 1. The molecule has 0 radical (unpaired) electrons. The molecule has 1 aromatic carbocycles. The maximum atomic E-state index is 12.5. The van der Waals surface area contributed by atoms with Crippen molar-refractivity contribution in [1.82, 2.24) is 5.32 Å². The number of hydrogen-bond acceptors (Lipinski definition) is 4. The van der Waals surface area contributed by atoms with E-state index in [9.17, 15) is 13.2 Å². The van der Waals surface area contributed by atoms with Crippen LogP contribution in [0.15, 0.2) is 24.3 Å². The first-order valence-electron chi connectivity index (χ1n) is 8.95. The Morgan fingerprint density at radius 3 is 2.15 bits per heavy atom. The highest BCUT2D eigenvalue weighted by atomic mass is 32.2. The Kier molecular flexibility index (Phi) is 7.93. The van der Waals surface area contributed by atoms with E-state index in [2.05, 4.69) is 5.32 Å². The first kappa shape index (κ1) is 22.3. The minimum atomic E-state index is -3.62. The van der Waals surface area contributed by atoms with Crippen molar-refractivity contribution >= 4 is 21.6 Å². The molecule has 1 amide bonds. The molecule has 0 atom stereocenters. The highest BCUT2D eigenvalue weighted by Crippen LogP contribution is 2.24. The molecule has 0 aliphatic rings. The molecule has 0 aliphatic heterocycles. The Balaban J connectivity index is 3.04. The molecule has 0 unspecified atom stereocenters. The summed E-state index contributed by atoms with van der Waals surface area (Å²) in [7, 11) is -3.62. The normalized spacial score (nSPS) is 12.1. The summed E-state index contributed by atoms with van der Waals surface area (Å²) in [6.07, 6.45) is 1.07. The van der Waals surface area contributed by atoms with E-state index >= 15 is 0 Å². The molecule has 26 heavy (non-hydrogen) atoms. The monoisotopic (exact) mass is 384 g/mol. The van der Waals surface area contributed by atoms with E-state index in [1.54, 1.807) is 24.3 Å². The third-order valence-corrected chi connectivity index (χ3v) is 5.07. The summed E-state index contributed by atoms with van der Waals surface area (Å²) >= 11 is 0. The van der Waals surface area contributed by atoms with Crippen LogP contribution in [0.25, 0.3) is 0 Å². The van der Waals surface area contributed by atoms with Crippen LogP contribution in [0.1, 0.15) is 41.5 Å². The molecule has 0 bridgehead atoms. The van der Waals surface area contributed by atoms with Gasteiger partial charge in [-0.15, -0.1) is 0 Å². The number of benzene rings is 1. The van der Waals surface area contributed by atoms with E-state index in [1.165, 1.54) is 0 Å². The molecule has 1 N–H and O–H groups in total. The van der Waals surface area contributed by atoms with Crippen LogP contribution in [0.4, 0.5) is 5.69 Å². The van der Waals surface area contributed by atoms with Crippen molar-refractivity contribution < 1.29 is 17.9 Å². The summed E-state index contributed by atoms with van der Waals surface area (Å²) < 4.78 is 31.3. The number of rotatable bonds is 9. The molecule has 6 nitrogen and oxygen atoms in total. The standard InChI is InChI=1S/C19H32N2O4S/c1-13(2)19(14(3)4)20-18(22)12-21(26(7,23)24)16-9-8-10-17(11-16)25-15(5)6/h8-11,13-15,19H,12H2,1-7H3,(H,20,22). The second-order valence-electron chi connectivity index (χ2n) is 7.51. The Morgan fingerprint density at radius 2 is 1.69 bits per heavy atom. The zero-order chi connectivity index (χ0) is 20.1. The van der Waals surface area contributed by atoms with Crippen molar-refractivity contribution in [2.24, 2.45) is 11.8 Å². The van der Waals surface area contributed by atoms with E-state index in [0.29, 0.717) is 11.4 Å². The minimum absolute atomic E-state index is 0.0143. The molecule has 7 heteroatoms. The zero-order valence-electron chi connectivity index (χ0n) is 16.8. The van der Waals surface area contributed by atoms with Crippen molar-refractivity contribution in [3.8, 4) is 5.75 Å². The smallest absolute Gasteiger partial charge is 0.241 e. The molecule has 0 aromatic heterocycles. The lowest BCUT2D eigenvalue weighted by Gasteiger charge is -2.28. The predicted molar refractivity (Wildman–Crippen MR) is 106 cm³/mol. The highest BCUT2D eigenvalue weighted by molar-refractivity contribution is 7.92. The first-order chi connectivity index (χ1) is 11.9. The zero-order valence-corrected chi connectivity index (χ0v) is 17.6. The summed E-state index contributed by atoms with van der Waals surface area (Å²) in [5.74, 6) is 0.758. The summed E-state index contributed by atoms with van der Waals surface area (Å²) in [4.78, 5) is 12.5. The summed E-state index contributed by atoms with van der Waals surface area (Å²) in [6, 6.07) is 6.76. The summed E-state index contributed by atoms with van der Waals surface area (Å²) in [5, 5.41) is 2.96. The van der Waals surface area contributed by atoms with Crippen LogP contribution >= 0.6 is 0 Å². The molecule has 0 fully saturated rings. The molecule has 148 valence electrons. The maximum Gasteiger partial charge on any atom is 0.241 e. The molecule has 0 heterocycles. The molecule has 0 spiro atoms. The van der Waals surface area contributed by atoms with Gasteiger partial charge in [0.1, 0.15) is 12.3 Å². The van der Waals surface area contributed by atoms with Gasteiger partial charge in [-0.2, -0.15) is 0 Å². The number of carbonyl (C=O) groups excluding carboxylic acids is 1. The quantitative estimate of drug-likeness (QED) is 0.710. The third-order valence-electron chi connectivity index (χ3n) is 3.93. The second kappa shape index (κ2) is 9.26. The lowest BCUT2D eigenvalue weighted by atomic mass is 9.93. The van der Waals surface area contributed by atoms with E-state index in [0.717, 1.165) is 10.6 Å². The minimum Gasteiger partial charge on any atom is -0.491 e. The number of anilines is 1. The van der Waals surface area contributed by atoms with E-state index in [-0.39, 0.29) is 36.4 Å². The van der Waals surface area contributed by atoms with Crippen LogP contribution in [0, 0.1) is 11.8 Å². The molecule has 0 saturated heterocycles. The number of nitrogens with one attached hydrogen (secondary N) is 1. The van der Waals surface area contributed by atoms with Gasteiger partial charge >= 0.3 is 0 Å². The van der Waals surface area contributed by atoms with E-state index < -0.39 is 10.0 Å². The lowest BCUT2D eigenvalue weighted by molar-refractivity contribution is -0.121. The fourth-order valence-corrected chi connectivity index (χ4v) is 3.70. The molecule has 1 aromatic rings. The van der Waals surface area contributed by atoms with Gasteiger partial charge < -0.3 is 10.1 Å². The van der Waals surface area contributed by atoms with Gasteiger partial charge in [0.15, 0.2) is 0 Å². The van der Waals surface area contributed by atoms with Gasteiger partial charge in [0.25, 0.3) is 0 Å². The van der Waals surface area contributed by atoms with Crippen molar-refractivity contribution in [3.63, 3.8) is 0 Å². The van der Waals surface area contributed by atoms with Gasteiger partial charge in [-0.1, -0.05) is 33.8 Å². The van der Waals surface area contributed by atoms with Crippen LogP contribution in [-0.2, 0) is 14.8 Å². The fourth-order valence-electron chi connectivity index (χ4n) is 2.85. The van der Waals surface area contributed by atoms with Crippen molar-refractivity contribution in [3.05, 3.63) is 24.3 Å². The van der Waals surface area contributed by atoms with Gasteiger partial charge in [-0.05, 0) is 37.8 Å². The van der Waals surface area contributed by atoms with Crippen LogP contribution in [0.3, 0.4) is 0 Å². The average Bonchev–Trinajstić information content (AvgIpc) is 2.48. The summed E-state index contributed by atoms with van der Waals surface area (Å²) in [6.45, 7) is 11.7. The van der Waals surface area contributed by atoms with Crippen molar-refractivity contribution in [2.75, 3.05) is 17.1 Å². The predicted octanol–water partition coefficient (Wildman–Crippen LogP) is 3.04. The van der Waals surface area contributed by atoms with E-state index in [4.69, 9.17) is 4.74 Å². The summed E-state index contributed by atoms with van der Waals surface area (Å²) in [5.41, 5.74) is 0.409. The molecule has 1 rings (SSSR count). The van der Waals surface area contributed by atoms with Crippen LogP contribution in [0.2, 0.25) is 0 Å². The Labute approximate surface area is 158 Å². The van der Waals surface area contributed by atoms with Gasteiger partial charge in [-0.3, -0.25) is 9.10 Å². The lowest BCUT2D eigenvalue weighted by Crippen LogP contribution is -2.47. The van der Waals surface area contributed by atoms with Crippen LogP contribution in [0.5, 0.6) is 5.75 Å². The highest BCUT2D eigenvalue weighted by Gasteiger charge is 2.25. The van der Waals surface area contributed by atoms with Crippen molar-refractivity contribution in [1.29, 1.82) is 0 Å². The molecule has 0 aliphatic carbocycles.